The summed E-state index contributed by atoms with van der Waals surface area (Å²) in [5.74, 6) is -1.02. The number of imidazole rings is 1. The van der Waals surface area contributed by atoms with Crippen molar-refractivity contribution in [2.45, 2.75) is 49.1 Å². The number of aliphatic hydroxyl groups is 5. The van der Waals surface area contributed by atoms with Gasteiger partial charge in [0, 0.05) is 6.21 Å². The van der Waals surface area contributed by atoms with Crippen LogP contribution in [-0.4, -0.2) is 123 Å². The van der Waals surface area contributed by atoms with Gasteiger partial charge in [-0.1, -0.05) is 0 Å². The van der Waals surface area contributed by atoms with E-state index < -0.39 is 89.4 Å². The Hall–Kier alpha value is -2.95. The number of nitrogens with two attached hydrogens (primary N) is 2. The average Bonchev–Trinajstić information content (AvgIpc) is 3.57. The van der Waals surface area contributed by atoms with Gasteiger partial charge in [-0.15, -0.1) is 0 Å². The lowest BCUT2D eigenvalue weighted by Gasteiger charge is -2.20. The maximum absolute atomic E-state index is 12.3. The van der Waals surface area contributed by atoms with Gasteiger partial charge in [-0.3, -0.25) is 23.4 Å². The molecule has 4 rings (SSSR count). The number of hydrogen-bond donors (Lipinski definition) is 9. The molecule has 238 valence electrons. The van der Waals surface area contributed by atoms with Crippen molar-refractivity contribution < 1.29 is 72.1 Å². The standard InChI is InChI=1S/C19H27N7O15P2/c20-15-10-17(24-5-23-15)26(6-25-10)19-14(31)12(29)9(40-19)4-38-43(35,36)41-42(33,34)37-3-8-11(28)13(30)18(39-8)22-1-7(2-27)16(21)32/h1-2,5-6,8-9,11-14,18-19,27-31H,3-4H2,(H2,21,32)(H,33,34)(H,35,36)(H2,20,23,24)/b7-2+,22-1+/t8-,9-,11-,12-,13-,14-,18-,19-/m1/s1. The number of aliphatic imine (C=N–C) groups is 1. The van der Waals surface area contributed by atoms with Gasteiger partial charge in [0.2, 0.25) is 0 Å². The quantitative estimate of drug-likeness (QED) is 0.0468. The fourth-order valence-electron chi connectivity index (χ4n) is 3.97. The molecule has 1 amide bonds. The van der Waals surface area contributed by atoms with Crippen molar-refractivity contribution >= 4 is 44.7 Å². The maximum Gasteiger partial charge on any atom is 0.481 e. The highest BCUT2D eigenvalue weighted by Gasteiger charge is 2.47. The molecule has 0 aliphatic carbocycles. The number of nitrogens with zero attached hydrogens (tertiary/aromatic N) is 5. The SMILES string of the molecule is NC(=O)C(/C=N/[C@@H]1O[C@H](COP(=O)(O)OP(=O)(O)OC[C@H]2O[C@@H](n3cnc4c(N)ncnc43)[C@H](O)[C@@H]2O)[C@@H](O)[C@H]1O)=C/O. The van der Waals surface area contributed by atoms with Gasteiger partial charge >= 0.3 is 15.6 Å². The zero-order chi connectivity index (χ0) is 31.7. The second-order valence-electron chi connectivity index (χ2n) is 9.01. The van der Waals surface area contributed by atoms with Gasteiger partial charge in [0.25, 0.3) is 5.91 Å². The van der Waals surface area contributed by atoms with E-state index in [1.807, 2.05) is 0 Å². The topological polar surface area (TPSA) is 347 Å². The Kier molecular flexibility index (Phi) is 9.93. The number of ether oxygens (including phenoxy) is 2. The number of hydrogen-bond acceptors (Lipinski definition) is 18. The van der Waals surface area contributed by atoms with E-state index in [9.17, 15) is 44.1 Å². The minimum atomic E-state index is -5.40. The summed E-state index contributed by atoms with van der Waals surface area (Å²) in [5, 5.41) is 49.9. The highest BCUT2D eigenvalue weighted by Crippen LogP contribution is 2.60. The van der Waals surface area contributed by atoms with Gasteiger partial charge in [0.05, 0.1) is 31.4 Å². The van der Waals surface area contributed by atoms with Crippen molar-refractivity contribution in [1.82, 2.24) is 19.5 Å². The lowest BCUT2D eigenvalue weighted by molar-refractivity contribution is -0.114. The fraction of sp³-hybridized carbons (Fsp3) is 0.526. The first kappa shape index (κ1) is 33.0. The Morgan fingerprint density at radius 2 is 1.60 bits per heavy atom. The Bertz CT molecular complexity index is 1490. The molecule has 2 saturated heterocycles. The third-order valence-electron chi connectivity index (χ3n) is 6.13. The summed E-state index contributed by atoms with van der Waals surface area (Å²) in [5.41, 5.74) is 10.6. The van der Waals surface area contributed by atoms with Crippen LogP contribution in [0, 0.1) is 0 Å². The number of nitrogen functional groups attached to an aromatic ring is 1. The monoisotopic (exact) mass is 655 g/mol. The van der Waals surface area contributed by atoms with Crippen LogP contribution in [0.4, 0.5) is 5.82 Å². The molecule has 10 atom stereocenters. The van der Waals surface area contributed by atoms with Crippen LogP contribution in [0.5, 0.6) is 0 Å². The second-order valence-corrected chi connectivity index (χ2v) is 12.1. The zero-order valence-corrected chi connectivity index (χ0v) is 23.3. The molecule has 2 aromatic rings. The molecular weight excluding hydrogens is 628 g/mol. The molecule has 43 heavy (non-hydrogen) atoms. The molecule has 4 heterocycles. The molecule has 11 N–H and O–H groups in total. The number of phosphoric ester groups is 2. The number of aliphatic hydroxyl groups excluding tert-OH is 5. The van der Waals surface area contributed by atoms with Crippen molar-refractivity contribution in [1.29, 1.82) is 0 Å². The first-order valence-electron chi connectivity index (χ1n) is 11.9. The highest BCUT2D eigenvalue weighted by molar-refractivity contribution is 7.61. The van der Waals surface area contributed by atoms with E-state index in [0.717, 1.165) is 12.5 Å². The van der Waals surface area contributed by atoms with E-state index in [2.05, 4.69) is 33.3 Å². The van der Waals surface area contributed by atoms with Crippen molar-refractivity contribution in [2.75, 3.05) is 18.9 Å². The summed E-state index contributed by atoms with van der Waals surface area (Å²) >= 11 is 0. The van der Waals surface area contributed by atoms with Crippen molar-refractivity contribution in [2.24, 2.45) is 10.7 Å². The predicted molar refractivity (Wildman–Crippen MR) is 137 cm³/mol. The smallest absolute Gasteiger partial charge is 0.481 e. The number of phosphoric acid groups is 2. The molecule has 0 aromatic carbocycles. The highest BCUT2D eigenvalue weighted by atomic mass is 31.3. The minimum absolute atomic E-state index is 0.0402. The molecule has 24 heteroatoms. The van der Waals surface area contributed by atoms with Crippen LogP contribution in [0.3, 0.4) is 0 Å². The molecule has 0 radical (unpaired) electrons. The first-order chi connectivity index (χ1) is 20.1. The largest absolute Gasteiger partial charge is 0.515 e. The van der Waals surface area contributed by atoms with Crippen molar-refractivity contribution in [3.8, 4) is 0 Å². The van der Waals surface area contributed by atoms with Crippen molar-refractivity contribution in [3.05, 3.63) is 24.5 Å². The third kappa shape index (κ3) is 7.41. The minimum Gasteiger partial charge on any atom is -0.515 e. The average molecular weight is 655 g/mol. The van der Waals surface area contributed by atoms with Gasteiger partial charge in [-0.25, -0.2) is 24.1 Å². The first-order valence-corrected chi connectivity index (χ1v) is 14.9. The lowest BCUT2D eigenvalue weighted by atomic mass is 10.1. The molecule has 2 aromatic heterocycles. The van der Waals surface area contributed by atoms with Gasteiger partial charge < -0.3 is 56.3 Å². The summed E-state index contributed by atoms with van der Waals surface area (Å²) in [7, 11) is -10.8. The van der Waals surface area contributed by atoms with Crippen LogP contribution in [0.25, 0.3) is 11.2 Å². The molecular formula is C19H27N7O15P2. The van der Waals surface area contributed by atoms with E-state index in [1.54, 1.807) is 0 Å². The van der Waals surface area contributed by atoms with Crippen molar-refractivity contribution in [3.63, 3.8) is 0 Å². The Morgan fingerprint density at radius 3 is 2.21 bits per heavy atom. The Balaban J connectivity index is 1.31. The summed E-state index contributed by atoms with van der Waals surface area (Å²) < 4.78 is 50.0. The van der Waals surface area contributed by atoms with Gasteiger partial charge in [0.15, 0.2) is 23.9 Å². The molecule has 2 aliphatic rings. The fourth-order valence-corrected chi connectivity index (χ4v) is 6.06. The van der Waals surface area contributed by atoms with Crippen LogP contribution in [0.15, 0.2) is 29.5 Å². The molecule has 0 saturated carbocycles. The number of carbonyl (C=O) groups excluding carboxylic acids is 1. The summed E-state index contributed by atoms with van der Waals surface area (Å²) in [6.45, 7) is -1.89. The molecule has 2 aliphatic heterocycles. The number of primary amides is 1. The van der Waals surface area contributed by atoms with Crippen LogP contribution in [0.2, 0.25) is 0 Å². The third-order valence-corrected chi connectivity index (χ3v) is 8.73. The number of aromatic nitrogens is 4. The molecule has 2 unspecified atom stereocenters. The molecule has 0 spiro atoms. The van der Waals surface area contributed by atoms with Gasteiger partial charge in [-0.2, -0.15) is 4.31 Å². The van der Waals surface area contributed by atoms with Crippen LogP contribution in [-0.2, 0) is 36.8 Å². The van der Waals surface area contributed by atoms with Crippen LogP contribution in [0.1, 0.15) is 6.23 Å². The number of carbonyl (C=O) groups is 1. The molecule has 0 bridgehead atoms. The molecule has 22 nitrogen and oxygen atoms in total. The number of rotatable bonds is 12. The Labute approximate surface area is 240 Å². The van der Waals surface area contributed by atoms with Crippen LogP contribution >= 0.6 is 15.6 Å². The van der Waals surface area contributed by atoms with E-state index in [4.69, 9.17) is 26.0 Å². The van der Waals surface area contributed by atoms with Gasteiger partial charge in [0.1, 0.15) is 48.5 Å². The Morgan fingerprint density at radius 1 is 1.00 bits per heavy atom. The van der Waals surface area contributed by atoms with E-state index >= 15 is 0 Å². The maximum atomic E-state index is 12.3. The van der Waals surface area contributed by atoms with E-state index in [-0.39, 0.29) is 17.0 Å². The summed E-state index contributed by atoms with van der Waals surface area (Å²) in [4.78, 5) is 46.4. The number of anilines is 1. The van der Waals surface area contributed by atoms with E-state index in [0.29, 0.717) is 6.26 Å². The molecule has 2 fully saturated rings. The van der Waals surface area contributed by atoms with Gasteiger partial charge in [-0.05, 0) is 0 Å². The summed E-state index contributed by atoms with van der Waals surface area (Å²) in [6.07, 6.45) is -9.08. The van der Waals surface area contributed by atoms with Crippen LogP contribution < -0.4 is 11.5 Å². The number of fused-ring (bicyclic) bond motifs is 1. The summed E-state index contributed by atoms with van der Waals surface area (Å²) in [6, 6.07) is 0. The lowest BCUT2D eigenvalue weighted by Crippen LogP contribution is -2.34. The zero-order valence-electron chi connectivity index (χ0n) is 21.5. The number of amides is 1. The van der Waals surface area contributed by atoms with E-state index in [1.165, 1.54) is 10.9 Å². The normalized spacial score (nSPS) is 32.7. The second kappa shape index (κ2) is 13.0. The predicted octanol–water partition coefficient (Wildman–Crippen LogP) is -3.28.